The van der Waals surface area contributed by atoms with Gasteiger partial charge in [0.15, 0.2) is 5.82 Å². The summed E-state index contributed by atoms with van der Waals surface area (Å²) in [4.78, 5) is 18.8. The largest absolute Gasteiger partial charge is 0.298 e. The van der Waals surface area contributed by atoms with E-state index in [1.54, 1.807) is 36.7 Å². The van der Waals surface area contributed by atoms with Crippen LogP contribution < -0.4 is 0 Å². The van der Waals surface area contributed by atoms with Gasteiger partial charge in [-0.3, -0.25) is 4.79 Å². The van der Waals surface area contributed by atoms with Crippen molar-refractivity contribution in [2.24, 2.45) is 0 Å². The lowest BCUT2D eigenvalue weighted by atomic mass is 10.1. The number of carbonyl (C=O) groups is 1. The van der Waals surface area contributed by atoms with E-state index < -0.39 is 0 Å². The molecule has 0 spiro atoms. The molecule has 0 atom stereocenters. The minimum absolute atomic E-state index is 0.502. The number of halogens is 1. The van der Waals surface area contributed by atoms with Crippen LogP contribution in [0.5, 0.6) is 0 Å². The molecule has 1 aromatic heterocycles. The van der Waals surface area contributed by atoms with Gasteiger partial charge in [0.25, 0.3) is 0 Å². The monoisotopic (exact) mass is 218 g/mol. The van der Waals surface area contributed by atoms with Crippen LogP contribution in [-0.4, -0.2) is 16.3 Å². The molecule has 0 aliphatic rings. The second-order valence-corrected chi connectivity index (χ2v) is 3.40. The van der Waals surface area contributed by atoms with Crippen molar-refractivity contribution in [3.8, 4) is 11.4 Å². The first-order valence-electron chi connectivity index (χ1n) is 4.33. The third-order valence-electron chi connectivity index (χ3n) is 1.88. The summed E-state index contributed by atoms with van der Waals surface area (Å²) in [6.45, 7) is 0. The molecule has 0 fully saturated rings. The molecule has 0 aliphatic heterocycles. The van der Waals surface area contributed by atoms with Gasteiger partial charge in [0.2, 0.25) is 0 Å². The van der Waals surface area contributed by atoms with Crippen LogP contribution in [0.2, 0.25) is 5.02 Å². The Labute approximate surface area is 91.8 Å². The minimum atomic E-state index is 0.502. The quantitative estimate of drug-likeness (QED) is 0.728. The molecule has 74 valence electrons. The highest BCUT2D eigenvalue weighted by molar-refractivity contribution is 6.31. The third-order valence-corrected chi connectivity index (χ3v) is 2.10. The number of rotatable bonds is 2. The Bertz CT molecular complexity index is 485. The molecule has 0 radical (unpaired) electrons. The van der Waals surface area contributed by atoms with Crippen molar-refractivity contribution >= 4 is 17.9 Å². The summed E-state index contributed by atoms with van der Waals surface area (Å²) in [5, 5.41) is 0.502. The van der Waals surface area contributed by atoms with Gasteiger partial charge in [-0.25, -0.2) is 9.97 Å². The van der Waals surface area contributed by atoms with Gasteiger partial charge >= 0.3 is 0 Å². The van der Waals surface area contributed by atoms with Crippen LogP contribution in [-0.2, 0) is 0 Å². The Morgan fingerprint density at radius 3 is 2.53 bits per heavy atom. The summed E-state index contributed by atoms with van der Waals surface area (Å²) < 4.78 is 0. The van der Waals surface area contributed by atoms with Gasteiger partial charge in [-0.2, -0.15) is 0 Å². The molecule has 0 amide bonds. The summed E-state index contributed by atoms with van der Waals surface area (Å²) in [6, 6.07) is 6.76. The molecule has 0 bridgehead atoms. The molecule has 2 rings (SSSR count). The Balaban J connectivity index is 2.53. The standard InChI is InChI=1S/C11H7ClN2O/c12-10-5-8(7-15)4-9(6-10)11-13-2-1-3-14-11/h1-7H. The normalized spacial score (nSPS) is 9.93. The molecule has 4 heteroatoms. The van der Waals surface area contributed by atoms with Crippen LogP contribution >= 0.6 is 11.6 Å². The van der Waals surface area contributed by atoms with Crippen molar-refractivity contribution in [2.45, 2.75) is 0 Å². The first kappa shape index (κ1) is 9.80. The van der Waals surface area contributed by atoms with Crippen LogP contribution in [0.3, 0.4) is 0 Å². The number of nitrogens with zero attached hydrogens (tertiary/aromatic N) is 2. The fraction of sp³-hybridized carbons (Fsp3) is 0. The molecule has 1 heterocycles. The van der Waals surface area contributed by atoms with E-state index in [-0.39, 0.29) is 0 Å². The maximum Gasteiger partial charge on any atom is 0.159 e. The molecule has 2 aromatic rings. The van der Waals surface area contributed by atoms with Gasteiger partial charge in [-0.15, -0.1) is 0 Å². The van der Waals surface area contributed by atoms with Crippen molar-refractivity contribution in [1.82, 2.24) is 9.97 Å². The van der Waals surface area contributed by atoms with Crippen LogP contribution in [0.1, 0.15) is 10.4 Å². The zero-order valence-corrected chi connectivity index (χ0v) is 8.48. The van der Waals surface area contributed by atoms with Gasteiger partial charge in [0, 0.05) is 28.5 Å². The lowest BCUT2D eigenvalue weighted by Gasteiger charge is -2.01. The van der Waals surface area contributed by atoms with Crippen molar-refractivity contribution in [2.75, 3.05) is 0 Å². The van der Waals surface area contributed by atoms with Crippen molar-refractivity contribution in [3.05, 3.63) is 47.2 Å². The van der Waals surface area contributed by atoms with E-state index in [4.69, 9.17) is 11.6 Å². The first-order valence-corrected chi connectivity index (χ1v) is 4.70. The number of carbonyl (C=O) groups excluding carboxylic acids is 1. The Kier molecular flexibility index (Phi) is 2.74. The van der Waals surface area contributed by atoms with Crippen molar-refractivity contribution < 1.29 is 4.79 Å². The van der Waals surface area contributed by atoms with Crippen molar-refractivity contribution in [3.63, 3.8) is 0 Å². The molecular formula is C11H7ClN2O. The smallest absolute Gasteiger partial charge is 0.159 e. The maximum atomic E-state index is 10.6. The lowest BCUT2D eigenvalue weighted by Crippen LogP contribution is -1.89. The molecule has 0 saturated carbocycles. The summed E-state index contributed by atoms with van der Waals surface area (Å²) >= 11 is 5.86. The topological polar surface area (TPSA) is 42.9 Å². The highest BCUT2D eigenvalue weighted by Crippen LogP contribution is 2.20. The number of benzene rings is 1. The molecule has 0 saturated heterocycles. The summed E-state index contributed by atoms with van der Waals surface area (Å²) in [5.41, 5.74) is 1.26. The second-order valence-electron chi connectivity index (χ2n) is 2.96. The van der Waals surface area contributed by atoms with E-state index in [2.05, 4.69) is 9.97 Å². The molecule has 1 aromatic carbocycles. The van der Waals surface area contributed by atoms with Crippen LogP contribution in [0.4, 0.5) is 0 Å². The van der Waals surface area contributed by atoms with Gasteiger partial charge < -0.3 is 0 Å². The number of aldehydes is 1. The Hall–Kier alpha value is -1.74. The van der Waals surface area contributed by atoms with E-state index in [1.807, 2.05) is 0 Å². The number of aromatic nitrogens is 2. The van der Waals surface area contributed by atoms with Gasteiger partial charge in [0.05, 0.1) is 0 Å². The Morgan fingerprint density at radius 2 is 1.87 bits per heavy atom. The molecule has 3 nitrogen and oxygen atoms in total. The maximum absolute atomic E-state index is 10.6. The second kappa shape index (κ2) is 4.19. The van der Waals surface area contributed by atoms with Crippen LogP contribution in [0.15, 0.2) is 36.7 Å². The summed E-state index contributed by atoms with van der Waals surface area (Å²) in [7, 11) is 0. The zero-order chi connectivity index (χ0) is 10.7. The molecule has 0 N–H and O–H groups in total. The van der Waals surface area contributed by atoms with Gasteiger partial charge in [-0.05, 0) is 24.3 Å². The van der Waals surface area contributed by atoms with E-state index >= 15 is 0 Å². The fourth-order valence-corrected chi connectivity index (χ4v) is 1.50. The minimum Gasteiger partial charge on any atom is -0.298 e. The predicted molar refractivity (Wildman–Crippen MR) is 57.9 cm³/mol. The highest BCUT2D eigenvalue weighted by Gasteiger charge is 2.03. The van der Waals surface area contributed by atoms with E-state index in [0.717, 1.165) is 11.8 Å². The molecule has 15 heavy (non-hydrogen) atoms. The number of hydrogen-bond acceptors (Lipinski definition) is 3. The van der Waals surface area contributed by atoms with E-state index in [1.165, 1.54) is 0 Å². The average Bonchev–Trinajstić information content (AvgIpc) is 2.29. The highest BCUT2D eigenvalue weighted by atomic mass is 35.5. The third kappa shape index (κ3) is 2.19. The van der Waals surface area contributed by atoms with Gasteiger partial charge in [-0.1, -0.05) is 11.6 Å². The predicted octanol–water partition coefficient (Wildman–Crippen LogP) is 2.61. The first-order chi connectivity index (χ1) is 7.29. The van der Waals surface area contributed by atoms with E-state index in [9.17, 15) is 4.79 Å². The SMILES string of the molecule is O=Cc1cc(Cl)cc(-c2ncccn2)c1. The van der Waals surface area contributed by atoms with E-state index in [0.29, 0.717) is 16.4 Å². The molecule has 0 aliphatic carbocycles. The summed E-state index contributed by atoms with van der Waals surface area (Å²) in [5.74, 6) is 0.558. The zero-order valence-electron chi connectivity index (χ0n) is 7.72. The molecule has 0 unspecified atom stereocenters. The lowest BCUT2D eigenvalue weighted by molar-refractivity contribution is 0.112. The summed E-state index contributed by atoms with van der Waals surface area (Å²) in [6.07, 6.45) is 4.03. The van der Waals surface area contributed by atoms with Gasteiger partial charge in [0.1, 0.15) is 6.29 Å². The Morgan fingerprint density at radius 1 is 1.13 bits per heavy atom. The van der Waals surface area contributed by atoms with Crippen molar-refractivity contribution in [1.29, 1.82) is 0 Å². The number of hydrogen-bond donors (Lipinski definition) is 0. The van der Waals surface area contributed by atoms with Crippen LogP contribution in [0.25, 0.3) is 11.4 Å². The fourth-order valence-electron chi connectivity index (χ4n) is 1.26. The average molecular weight is 219 g/mol. The molecular weight excluding hydrogens is 212 g/mol. The van der Waals surface area contributed by atoms with Crippen LogP contribution in [0, 0.1) is 0 Å².